The van der Waals surface area contributed by atoms with E-state index in [-0.39, 0.29) is 5.82 Å². The average Bonchev–Trinajstić information content (AvgIpc) is 3.50. The van der Waals surface area contributed by atoms with E-state index in [1.165, 1.54) is 30.2 Å². The van der Waals surface area contributed by atoms with Gasteiger partial charge in [-0.25, -0.2) is 9.37 Å². The number of nitrogens with one attached hydrogen (secondary N) is 1. The van der Waals surface area contributed by atoms with Crippen LogP contribution in [0.25, 0.3) is 10.4 Å². The largest absolute Gasteiger partial charge is 0.382 e. The molecule has 0 bridgehead atoms. The molecule has 2 aliphatic heterocycles. The van der Waals surface area contributed by atoms with Crippen molar-refractivity contribution in [2.24, 2.45) is 0 Å². The molecule has 3 N–H and O–H groups in total. The molecular formula is C25H29FN6OS. The number of anilines is 5. The van der Waals surface area contributed by atoms with E-state index < -0.39 is 0 Å². The number of carbonyl (C=O) groups is 1. The third-order valence-corrected chi connectivity index (χ3v) is 7.60. The number of halogens is 1. The van der Waals surface area contributed by atoms with E-state index in [1.807, 2.05) is 30.3 Å². The first kappa shape index (κ1) is 22.6. The van der Waals surface area contributed by atoms with Gasteiger partial charge in [0.25, 0.3) is 0 Å². The van der Waals surface area contributed by atoms with Crippen molar-refractivity contribution in [1.82, 2.24) is 9.88 Å². The normalized spacial score (nSPS) is 16.8. The molecule has 0 spiro atoms. The lowest BCUT2D eigenvalue weighted by molar-refractivity contribution is 0.112. The minimum atomic E-state index is -0.263. The topological polar surface area (TPSA) is 77.7 Å². The summed E-state index contributed by atoms with van der Waals surface area (Å²) >= 11 is 1.36. The molecule has 9 heteroatoms. The van der Waals surface area contributed by atoms with E-state index in [1.54, 1.807) is 0 Å². The molecule has 34 heavy (non-hydrogen) atoms. The number of carbonyl (C=O) groups excluding carboxylic acids is 1. The fourth-order valence-corrected chi connectivity index (χ4v) is 5.55. The van der Waals surface area contributed by atoms with Crippen LogP contribution in [-0.2, 0) is 0 Å². The number of hydrogen-bond donors (Lipinski definition) is 2. The maximum atomic E-state index is 14.9. The number of aromatic nitrogens is 1. The van der Waals surface area contributed by atoms with Crippen LogP contribution in [0.15, 0.2) is 36.4 Å². The second-order valence-electron chi connectivity index (χ2n) is 8.90. The third-order valence-electron chi connectivity index (χ3n) is 6.58. The average molecular weight is 481 g/mol. The zero-order valence-electron chi connectivity index (χ0n) is 19.3. The van der Waals surface area contributed by atoms with Crippen LogP contribution in [0, 0.1) is 5.82 Å². The smallest absolute Gasteiger partial charge is 0.189 e. The predicted molar refractivity (Wildman–Crippen MR) is 138 cm³/mol. The lowest BCUT2D eigenvalue weighted by atomic mass is 10.1. The summed E-state index contributed by atoms with van der Waals surface area (Å²) in [5, 5.41) is 3.74. The number of nitrogens with two attached hydrogens (primary N) is 1. The predicted octanol–water partition coefficient (Wildman–Crippen LogP) is 4.44. The van der Waals surface area contributed by atoms with Crippen molar-refractivity contribution in [1.29, 1.82) is 0 Å². The van der Waals surface area contributed by atoms with Crippen LogP contribution in [0.3, 0.4) is 0 Å². The number of thiazole rings is 1. The van der Waals surface area contributed by atoms with Crippen LogP contribution in [0.4, 0.5) is 32.4 Å². The van der Waals surface area contributed by atoms with Gasteiger partial charge in [-0.2, -0.15) is 0 Å². The number of benzene rings is 2. The summed E-state index contributed by atoms with van der Waals surface area (Å²) in [5.41, 5.74) is 9.93. The first-order chi connectivity index (χ1) is 16.5. The lowest BCUT2D eigenvalue weighted by Gasteiger charge is -2.34. The zero-order valence-corrected chi connectivity index (χ0v) is 20.1. The van der Waals surface area contributed by atoms with Gasteiger partial charge in [0.05, 0.1) is 10.6 Å². The Kier molecular flexibility index (Phi) is 6.38. The Labute approximate surface area is 203 Å². The monoisotopic (exact) mass is 480 g/mol. The van der Waals surface area contributed by atoms with Gasteiger partial charge in [-0.15, -0.1) is 0 Å². The minimum Gasteiger partial charge on any atom is -0.382 e. The molecule has 1 aromatic heterocycles. The van der Waals surface area contributed by atoms with Gasteiger partial charge in [0.15, 0.2) is 11.4 Å². The first-order valence-electron chi connectivity index (χ1n) is 11.6. The summed E-state index contributed by atoms with van der Waals surface area (Å²) in [7, 11) is 2.08. The number of hydrogen-bond acceptors (Lipinski definition) is 8. The Balaban J connectivity index is 1.38. The molecule has 2 fully saturated rings. The number of aldehydes is 1. The molecule has 5 rings (SSSR count). The highest BCUT2D eigenvalue weighted by Crippen LogP contribution is 2.39. The van der Waals surface area contributed by atoms with Crippen LogP contribution in [-0.4, -0.2) is 62.5 Å². The van der Waals surface area contributed by atoms with E-state index in [9.17, 15) is 9.18 Å². The number of nitrogen functional groups attached to an aromatic ring is 1. The van der Waals surface area contributed by atoms with Gasteiger partial charge in [0.1, 0.15) is 11.6 Å². The quantitative estimate of drug-likeness (QED) is 0.505. The summed E-state index contributed by atoms with van der Waals surface area (Å²) in [6, 6.07) is 11.0. The molecule has 3 aromatic rings. The highest BCUT2D eigenvalue weighted by Gasteiger charge is 2.20. The van der Waals surface area contributed by atoms with Crippen molar-refractivity contribution in [2.75, 3.05) is 67.2 Å². The number of nitrogens with zero attached hydrogens (tertiary/aromatic N) is 4. The second kappa shape index (κ2) is 9.60. The van der Waals surface area contributed by atoms with Crippen LogP contribution in [0.2, 0.25) is 0 Å². The fraction of sp³-hybridized carbons (Fsp3) is 0.360. The standard InChI is InChI=1S/C25H29FN6OS/c1-30-10-12-32(13-11-30)22-7-5-18(14-21(22)26)28-25-29-24(27)23(34-25)20-15-19(6-4-17(20)16-33)31-8-2-3-9-31/h4-7,14-16H,2-3,8-13,27H2,1H3,(H,28,29). The van der Waals surface area contributed by atoms with E-state index in [2.05, 4.69) is 32.0 Å². The summed E-state index contributed by atoms with van der Waals surface area (Å²) in [5.74, 6) is 0.0876. The van der Waals surface area contributed by atoms with Crippen molar-refractivity contribution >= 4 is 45.6 Å². The molecule has 7 nitrogen and oxygen atoms in total. The maximum absolute atomic E-state index is 14.9. The van der Waals surface area contributed by atoms with Crippen LogP contribution >= 0.6 is 11.3 Å². The van der Waals surface area contributed by atoms with Crippen LogP contribution in [0.1, 0.15) is 23.2 Å². The molecule has 0 amide bonds. The van der Waals surface area contributed by atoms with Gasteiger partial charge in [-0.05, 0) is 56.3 Å². The molecule has 0 aliphatic carbocycles. The van der Waals surface area contributed by atoms with Gasteiger partial charge < -0.3 is 25.8 Å². The number of likely N-dealkylation sites (N-methyl/N-ethyl adjacent to an activating group) is 1. The molecule has 0 atom stereocenters. The summed E-state index contributed by atoms with van der Waals surface area (Å²) < 4.78 is 14.9. The van der Waals surface area contributed by atoms with Crippen molar-refractivity contribution < 1.29 is 9.18 Å². The van der Waals surface area contributed by atoms with Gasteiger partial charge in [0.2, 0.25) is 0 Å². The molecule has 0 saturated carbocycles. The molecule has 2 aromatic carbocycles. The summed E-state index contributed by atoms with van der Waals surface area (Å²) in [6.45, 7) is 5.48. The van der Waals surface area contributed by atoms with Crippen molar-refractivity contribution in [3.05, 3.63) is 47.8 Å². The first-order valence-corrected chi connectivity index (χ1v) is 12.4. The molecular weight excluding hydrogens is 451 g/mol. The Morgan fingerprint density at radius 3 is 2.50 bits per heavy atom. The Morgan fingerprint density at radius 2 is 1.79 bits per heavy atom. The van der Waals surface area contributed by atoms with Crippen LogP contribution < -0.4 is 20.9 Å². The number of piperazine rings is 1. The number of rotatable bonds is 6. The fourth-order valence-electron chi connectivity index (χ4n) is 4.61. The van der Waals surface area contributed by atoms with E-state index in [0.29, 0.717) is 27.9 Å². The highest BCUT2D eigenvalue weighted by molar-refractivity contribution is 7.19. The minimum absolute atomic E-state index is 0.263. The van der Waals surface area contributed by atoms with Crippen molar-refractivity contribution in [3.63, 3.8) is 0 Å². The third kappa shape index (κ3) is 4.58. The molecule has 0 unspecified atom stereocenters. The molecule has 2 aliphatic rings. The summed E-state index contributed by atoms with van der Waals surface area (Å²) in [4.78, 5) is 23.6. The summed E-state index contributed by atoms with van der Waals surface area (Å²) in [6.07, 6.45) is 3.19. The highest BCUT2D eigenvalue weighted by atomic mass is 32.1. The van der Waals surface area contributed by atoms with Gasteiger partial charge >= 0.3 is 0 Å². The zero-order chi connectivity index (χ0) is 23.7. The Bertz CT molecular complexity index is 1180. The second-order valence-corrected chi connectivity index (χ2v) is 9.90. The van der Waals surface area contributed by atoms with Crippen molar-refractivity contribution in [2.45, 2.75) is 12.8 Å². The Hall–Kier alpha value is -3.17. The van der Waals surface area contributed by atoms with Gasteiger partial charge in [0, 0.05) is 61.8 Å². The van der Waals surface area contributed by atoms with Crippen LogP contribution in [0.5, 0.6) is 0 Å². The maximum Gasteiger partial charge on any atom is 0.189 e. The Morgan fingerprint density at radius 1 is 1.03 bits per heavy atom. The lowest BCUT2D eigenvalue weighted by Crippen LogP contribution is -2.44. The van der Waals surface area contributed by atoms with E-state index >= 15 is 0 Å². The molecule has 2 saturated heterocycles. The molecule has 178 valence electrons. The van der Waals surface area contributed by atoms with E-state index in [0.717, 1.165) is 61.7 Å². The molecule has 0 radical (unpaired) electrons. The van der Waals surface area contributed by atoms with Gasteiger partial charge in [-0.3, -0.25) is 4.79 Å². The van der Waals surface area contributed by atoms with Crippen molar-refractivity contribution in [3.8, 4) is 10.4 Å². The van der Waals surface area contributed by atoms with Gasteiger partial charge in [-0.1, -0.05) is 11.3 Å². The molecule has 3 heterocycles. The van der Waals surface area contributed by atoms with E-state index in [4.69, 9.17) is 5.73 Å². The SMILES string of the molecule is CN1CCN(c2ccc(Nc3nc(N)c(-c4cc(N5CCCC5)ccc4C=O)s3)cc2F)CC1.